The number of ether oxygens (including phenoxy) is 3. The molecule has 0 heterocycles. The average molecular weight is 358 g/mol. The van der Waals surface area contributed by atoms with E-state index in [0.717, 1.165) is 0 Å². The summed E-state index contributed by atoms with van der Waals surface area (Å²) >= 11 is 0. The molecule has 0 aliphatic rings. The second-order valence-corrected chi connectivity index (χ2v) is 5.22. The van der Waals surface area contributed by atoms with E-state index >= 15 is 0 Å². The van der Waals surface area contributed by atoms with E-state index in [-0.39, 0.29) is 18.8 Å². The highest BCUT2D eigenvalue weighted by Crippen LogP contribution is 2.34. The molecule has 1 atom stereocenters. The SMILES string of the molecule is C=CCOC(=O)C(C(=O)OCC=C)C(C(=C)C(=O)OC)c1ccccc1. The van der Waals surface area contributed by atoms with Gasteiger partial charge in [-0.2, -0.15) is 0 Å². The number of carbonyl (C=O) groups excluding carboxylic acids is 3. The normalized spacial score (nSPS) is 11.2. The quantitative estimate of drug-likeness (QED) is 0.210. The summed E-state index contributed by atoms with van der Waals surface area (Å²) in [5.41, 5.74) is 0.466. The number of methoxy groups -OCH3 is 1. The van der Waals surface area contributed by atoms with Crippen LogP contribution in [-0.2, 0) is 28.6 Å². The van der Waals surface area contributed by atoms with Gasteiger partial charge in [0.15, 0.2) is 5.92 Å². The first-order valence-electron chi connectivity index (χ1n) is 7.85. The van der Waals surface area contributed by atoms with Crippen LogP contribution >= 0.6 is 0 Å². The van der Waals surface area contributed by atoms with Crippen molar-refractivity contribution in [2.75, 3.05) is 20.3 Å². The molecule has 0 amide bonds. The van der Waals surface area contributed by atoms with E-state index in [1.807, 2.05) is 0 Å². The fraction of sp³-hybridized carbons (Fsp3) is 0.250. The van der Waals surface area contributed by atoms with E-state index in [2.05, 4.69) is 19.7 Å². The Bertz CT molecular complexity index is 653. The molecule has 6 nitrogen and oxygen atoms in total. The van der Waals surface area contributed by atoms with Crippen LogP contribution in [0.25, 0.3) is 0 Å². The van der Waals surface area contributed by atoms with Gasteiger partial charge in [-0.3, -0.25) is 9.59 Å². The molecule has 138 valence electrons. The van der Waals surface area contributed by atoms with Gasteiger partial charge in [-0.25, -0.2) is 4.79 Å². The Labute approximate surface area is 152 Å². The van der Waals surface area contributed by atoms with E-state index in [9.17, 15) is 14.4 Å². The number of esters is 3. The zero-order valence-corrected chi connectivity index (χ0v) is 14.7. The molecule has 0 aliphatic carbocycles. The van der Waals surface area contributed by atoms with Crippen molar-refractivity contribution in [1.29, 1.82) is 0 Å². The van der Waals surface area contributed by atoms with Gasteiger partial charge in [0.25, 0.3) is 0 Å². The van der Waals surface area contributed by atoms with E-state index < -0.39 is 29.7 Å². The minimum absolute atomic E-state index is 0.0604. The van der Waals surface area contributed by atoms with Crippen molar-refractivity contribution in [3.05, 3.63) is 73.4 Å². The molecular weight excluding hydrogens is 336 g/mol. The Balaban J connectivity index is 3.38. The smallest absolute Gasteiger partial charge is 0.333 e. The fourth-order valence-electron chi connectivity index (χ4n) is 2.34. The number of benzene rings is 1. The van der Waals surface area contributed by atoms with Gasteiger partial charge in [-0.15, -0.1) is 0 Å². The zero-order chi connectivity index (χ0) is 19.5. The van der Waals surface area contributed by atoms with Crippen LogP contribution in [0.1, 0.15) is 11.5 Å². The highest BCUT2D eigenvalue weighted by molar-refractivity contribution is 6.00. The van der Waals surface area contributed by atoms with Crippen LogP contribution in [0.15, 0.2) is 67.8 Å². The molecule has 1 unspecified atom stereocenters. The molecule has 1 rings (SSSR count). The standard InChI is InChI=1S/C20H22O6/c1-5-12-25-19(22)17(20(23)26-13-6-2)16(14(3)18(21)24-4)15-10-8-7-9-11-15/h5-11,16-17H,1-3,12-13H2,4H3. The molecule has 0 N–H and O–H groups in total. The maximum Gasteiger partial charge on any atom is 0.333 e. The number of rotatable bonds is 10. The van der Waals surface area contributed by atoms with Crippen molar-refractivity contribution >= 4 is 17.9 Å². The van der Waals surface area contributed by atoms with Crippen molar-refractivity contribution in [3.63, 3.8) is 0 Å². The fourth-order valence-corrected chi connectivity index (χ4v) is 2.34. The van der Waals surface area contributed by atoms with Gasteiger partial charge in [-0.1, -0.05) is 62.2 Å². The Hall–Kier alpha value is -3.15. The molecule has 0 bridgehead atoms. The molecule has 0 aromatic heterocycles. The lowest BCUT2D eigenvalue weighted by Gasteiger charge is -2.25. The number of hydrogen-bond donors (Lipinski definition) is 0. The maximum atomic E-state index is 12.5. The molecule has 1 aromatic rings. The summed E-state index contributed by atoms with van der Waals surface area (Å²) in [4.78, 5) is 37.1. The van der Waals surface area contributed by atoms with Crippen LogP contribution in [0.4, 0.5) is 0 Å². The molecule has 26 heavy (non-hydrogen) atoms. The van der Waals surface area contributed by atoms with Crippen LogP contribution in [0.3, 0.4) is 0 Å². The first kappa shape index (κ1) is 20.9. The summed E-state index contributed by atoms with van der Waals surface area (Å²) in [5.74, 6) is -4.87. The predicted octanol–water partition coefficient (Wildman–Crippen LogP) is 2.57. The molecule has 0 saturated heterocycles. The molecule has 0 aliphatic heterocycles. The van der Waals surface area contributed by atoms with Crippen LogP contribution in [0.2, 0.25) is 0 Å². The predicted molar refractivity (Wildman–Crippen MR) is 96.1 cm³/mol. The summed E-state index contributed by atoms with van der Waals surface area (Å²) in [7, 11) is 1.19. The summed E-state index contributed by atoms with van der Waals surface area (Å²) in [6.45, 7) is 10.5. The highest BCUT2D eigenvalue weighted by atomic mass is 16.6. The van der Waals surface area contributed by atoms with Gasteiger partial charge in [-0.05, 0) is 5.56 Å². The Morgan fingerprint density at radius 1 is 1.00 bits per heavy atom. The molecule has 0 saturated carbocycles. The van der Waals surface area contributed by atoms with Crippen molar-refractivity contribution < 1.29 is 28.6 Å². The van der Waals surface area contributed by atoms with E-state index in [4.69, 9.17) is 14.2 Å². The monoisotopic (exact) mass is 358 g/mol. The summed E-state index contributed by atoms with van der Waals surface area (Å²) in [6, 6.07) is 8.55. The number of carbonyl (C=O) groups is 3. The Kier molecular flexibility index (Phi) is 8.57. The van der Waals surface area contributed by atoms with Crippen LogP contribution in [0.5, 0.6) is 0 Å². The lowest BCUT2D eigenvalue weighted by atomic mass is 9.80. The van der Waals surface area contributed by atoms with Crippen LogP contribution in [-0.4, -0.2) is 38.2 Å². The van der Waals surface area contributed by atoms with E-state index in [0.29, 0.717) is 5.56 Å². The third-order valence-corrected chi connectivity index (χ3v) is 3.51. The highest BCUT2D eigenvalue weighted by Gasteiger charge is 2.42. The lowest BCUT2D eigenvalue weighted by molar-refractivity contribution is -0.161. The summed E-state index contributed by atoms with van der Waals surface area (Å²) in [6.07, 6.45) is 2.74. The third kappa shape index (κ3) is 5.44. The molecule has 0 fully saturated rings. The van der Waals surface area contributed by atoms with Gasteiger partial charge in [0, 0.05) is 11.5 Å². The molecule has 0 radical (unpaired) electrons. The first-order chi connectivity index (χ1) is 12.5. The summed E-state index contributed by atoms with van der Waals surface area (Å²) < 4.78 is 14.8. The zero-order valence-electron chi connectivity index (χ0n) is 14.7. The third-order valence-electron chi connectivity index (χ3n) is 3.51. The largest absolute Gasteiger partial charge is 0.466 e. The minimum Gasteiger partial charge on any atom is -0.466 e. The number of hydrogen-bond acceptors (Lipinski definition) is 6. The van der Waals surface area contributed by atoms with Gasteiger partial charge < -0.3 is 14.2 Å². The second-order valence-electron chi connectivity index (χ2n) is 5.22. The van der Waals surface area contributed by atoms with Crippen LogP contribution in [0, 0.1) is 5.92 Å². The van der Waals surface area contributed by atoms with Gasteiger partial charge >= 0.3 is 17.9 Å². The van der Waals surface area contributed by atoms with Crippen molar-refractivity contribution in [2.45, 2.75) is 5.92 Å². The van der Waals surface area contributed by atoms with Crippen molar-refractivity contribution in [2.24, 2.45) is 5.92 Å². The molecule has 1 aromatic carbocycles. The van der Waals surface area contributed by atoms with Crippen molar-refractivity contribution in [1.82, 2.24) is 0 Å². The maximum absolute atomic E-state index is 12.5. The van der Waals surface area contributed by atoms with E-state index in [1.165, 1.54) is 19.3 Å². The topological polar surface area (TPSA) is 78.9 Å². The minimum atomic E-state index is -1.43. The Morgan fingerprint density at radius 2 is 1.50 bits per heavy atom. The molecular formula is C20H22O6. The first-order valence-corrected chi connectivity index (χ1v) is 7.85. The second kappa shape index (κ2) is 10.7. The Morgan fingerprint density at radius 3 is 1.92 bits per heavy atom. The van der Waals surface area contributed by atoms with E-state index in [1.54, 1.807) is 30.3 Å². The molecule has 0 spiro atoms. The van der Waals surface area contributed by atoms with Crippen molar-refractivity contribution in [3.8, 4) is 0 Å². The van der Waals surface area contributed by atoms with Gasteiger partial charge in [0.2, 0.25) is 0 Å². The van der Waals surface area contributed by atoms with Gasteiger partial charge in [0.05, 0.1) is 7.11 Å². The van der Waals surface area contributed by atoms with Gasteiger partial charge in [0.1, 0.15) is 13.2 Å². The summed E-state index contributed by atoms with van der Waals surface area (Å²) in [5, 5.41) is 0. The average Bonchev–Trinajstić information content (AvgIpc) is 2.67. The van der Waals surface area contributed by atoms with Crippen LogP contribution < -0.4 is 0 Å². The lowest BCUT2D eigenvalue weighted by Crippen LogP contribution is -2.35. The molecule has 6 heteroatoms.